The van der Waals surface area contributed by atoms with Crippen molar-refractivity contribution in [2.45, 2.75) is 24.3 Å². The predicted molar refractivity (Wildman–Crippen MR) is 87.8 cm³/mol. The van der Waals surface area contributed by atoms with Gasteiger partial charge in [-0.1, -0.05) is 42.5 Å². The van der Waals surface area contributed by atoms with E-state index in [0.29, 0.717) is 12.0 Å². The van der Waals surface area contributed by atoms with E-state index in [1.54, 1.807) is 0 Å². The van der Waals surface area contributed by atoms with E-state index in [1.165, 1.54) is 31.2 Å². The fraction of sp³-hybridized carbons (Fsp3) is 0.235. The number of carbonyl (C=O) groups is 1. The van der Waals surface area contributed by atoms with Crippen LogP contribution in [0.5, 0.6) is 0 Å². The van der Waals surface area contributed by atoms with Crippen LogP contribution in [0.2, 0.25) is 0 Å². The molecule has 0 spiro atoms. The van der Waals surface area contributed by atoms with Crippen molar-refractivity contribution in [3.05, 3.63) is 65.7 Å². The maximum atomic E-state index is 12.4. The number of aliphatic hydroxyl groups excluding tert-OH is 1. The van der Waals surface area contributed by atoms with Crippen molar-refractivity contribution >= 4 is 15.8 Å². The zero-order valence-corrected chi connectivity index (χ0v) is 13.6. The number of rotatable bonds is 7. The predicted octanol–water partition coefficient (Wildman–Crippen LogP) is 1.77. The van der Waals surface area contributed by atoms with Crippen LogP contribution in [0.1, 0.15) is 22.8 Å². The first-order valence-electron chi connectivity index (χ1n) is 7.20. The number of sulfonamides is 1. The van der Waals surface area contributed by atoms with Crippen molar-refractivity contribution in [3.63, 3.8) is 0 Å². The summed E-state index contributed by atoms with van der Waals surface area (Å²) in [5.41, 5.74) is 1.38. The van der Waals surface area contributed by atoms with Crippen molar-refractivity contribution in [1.82, 2.24) is 4.72 Å². The van der Waals surface area contributed by atoms with Gasteiger partial charge in [-0.2, -0.15) is 0 Å². The lowest BCUT2D eigenvalue weighted by atomic mass is 10.1. The standard InChI is InChI=1S/C17H19NO4S/c1-13(20)15-7-9-17(10-8-15)23(21,22)18-16(12-19)11-14-5-3-2-4-6-14/h2-10,16,18-19H,11-12H2,1H3. The van der Waals surface area contributed by atoms with Crippen LogP contribution in [-0.4, -0.2) is 32.0 Å². The number of aliphatic hydroxyl groups is 1. The Labute approximate surface area is 136 Å². The van der Waals surface area contributed by atoms with Gasteiger partial charge in [-0.25, -0.2) is 13.1 Å². The zero-order valence-electron chi connectivity index (χ0n) is 12.8. The second kappa shape index (κ2) is 7.50. The van der Waals surface area contributed by atoms with Gasteiger partial charge in [0.2, 0.25) is 10.0 Å². The highest BCUT2D eigenvalue weighted by Crippen LogP contribution is 2.13. The molecule has 0 aliphatic carbocycles. The molecular formula is C17H19NO4S. The largest absolute Gasteiger partial charge is 0.395 e. The third-order valence-electron chi connectivity index (χ3n) is 3.44. The molecule has 2 N–H and O–H groups in total. The first-order chi connectivity index (χ1) is 10.9. The van der Waals surface area contributed by atoms with Gasteiger partial charge in [-0.05, 0) is 31.0 Å². The smallest absolute Gasteiger partial charge is 0.240 e. The molecular weight excluding hydrogens is 314 g/mol. The Hall–Kier alpha value is -2.02. The first kappa shape index (κ1) is 17.3. The van der Waals surface area contributed by atoms with Crippen LogP contribution < -0.4 is 4.72 Å². The van der Waals surface area contributed by atoms with E-state index in [2.05, 4.69) is 4.72 Å². The SMILES string of the molecule is CC(=O)c1ccc(S(=O)(=O)NC(CO)Cc2ccccc2)cc1. The lowest BCUT2D eigenvalue weighted by molar-refractivity contribution is 0.101. The molecule has 0 aliphatic heterocycles. The molecule has 0 saturated heterocycles. The summed E-state index contributed by atoms with van der Waals surface area (Å²) in [5, 5.41) is 9.44. The summed E-state index contributed by atoms with van der Waals surface area (Å²) in [6.45, 7) is 1.11. The Morgan fingerprint density at radius 2 is 1.70 bits per heavy atom. The lowest BCUT2D eigenvalue weighted by Gasteiger charge is -2.16. The maximum Gasteiger partial charge on any atom is 0.240 e. The molecule has 0 aliphatic rings. The van der Waals surface area contributed by atoms with Crippen molar-refractivity contribution in [2.24, 2.45) is 0 Å². The molecule has 0 radical (unpaired) electrons. The third kappa shape index (κ3) is 4.72. The van der Waals surface area contributed by atoms with E-state index in [1.807, 2.05) is 30.3 Å². The molecule has 6 heteroatoms. The van der Waals surface area contributed by atoms with Gasteiger partial charge in [0.25, 0.3) is 0 Å². The zero-order chi connectivity index (χ0) is 16.9. The van der Waals surface area contributed by atoms with Gasteiger partial charge in [0, 0.05) is 11.6 Å². The Bertz CT molecular complexity index is 755. The minimum Gasteiger partial charge on any atom is -0.395 e. The monoisotopic (exact) mass is 333 g/mol. The third-order valence-corrected chi connectivity index (χ3v) is 4.97. The van der Waals surface area contributed by atoms with Crippen molar-refractivity contribution < 1.29 is 18.3 Å². The van der Waals surface area contributed by atoms with Crippen LogP contribution in [-0.2, 0) is 16.4 Å². The number of carbonyl (C=O) groups excluding carboxylic acids is 1. The fourth-order valence-corrected chi connectivity index (χ4v) is 3.43. The summed E-state index contributed by atoms with van der Waals surface area (Å²) < 4.78 is 27.2. The summed E-state index contributed by atoms with van der Waals surface area (Å²) >= 11 is 0. The van der Waals surface area contributed by atoms with Gasteiger partial charge < -0.3 is 5.11 Å². The van der Waals surface area contributed by atoms with Gasteiger partial charge in [0.15, 0.2) is 5.78 Å². The lowest BCUT2D eigenvalue weighted by Crippen LogP contribution is -2.39. The quantitative estimate of drug-likeness (QED) is 0.757. The van der Waals surface area contributed by atoms with E-state index in [0.717, 1.165) is 5.56 Å². The molecule has 0 amide bonds. The van der Waals surface area contributed by atoms with Crippen LogP contribution >= 0.6 is 0 Å². The number of benzene rings is 2. The molecule has 23 heavy (non-hydrogen) atoms. The van der Waals surface area contributed by atoms with Crippen LogP contribution in [0.4, 0.5) is 0 Å². The second-order valence-corrected chi connectivity index (χ2v) is 6.99. The van der Waals surface area contributed by atoms with Gasteiger partial charge in [0.1, 0.15) is 0 Å². The van der Waals surface area contributed by atoms with E-state index >= 15 is 0 Å². The summed E-state index contributed by atoms with van der Waals surface area (Å²) in [4.78, 5) is 11.3. The van der Waals surface area contributed by atoms with Crippen LogP contribution in [0.3, 0.4) is 0 Å². The number of Topliss-reactive ketones (excluding diaryl/α,β-unsaturated/α-hetero) is 1. The maximum absolute atomic E-state index is 12.4. The van der Waals surface area contributed by atoms with E-state index in [4.69, 9.17) is 0 Å². The number of nitrogens with one attached hydrogen (secondary N) is 1. The minimum atomic E-state index is -3.76. The molecule has 0 saturated carbocycles. The molecule has 0 bridgehead atoms. The highest BCUT2D eigenvalue weighted by molar-refractivity contribution is 7.89. The van der Waals surface area contributed by atoms with Crippen LogP contribution in [0.15, 0.2) is 59.5 Å². The fourth-order valence-electron chi connectivity index (χ4n) is 2.20. The highest BCUT2D eigenvalue weighted by Gasteiger charge is 2.20. The van der Waals surface area contributed by atoms with Crippen molar-refractivity contribution in [2.75, 3.05) is 6.61 Å². The Morgan fingerprint density at radius 1 is 1.09 bits per heavy atom. The topological polar surface area (TPSA) is 83.5 Å². The Morgan fingerprint density at radius 3 is 2.22 bits per heavy atom. The second-order valence-electron chi connectivity index (χ2n) is 5.27. The van der Waals surface area contributed by atoms with Crippen LogP contribution in [0.25, 0.3) is 0 Å². The van der Waals surface area contributed by atoms with Gasteiger partial charge in [-0.3, -0.25) is 4.79 Å². The van der Waals surface area contributed by atoms with E-state index in [9.17, 15) is 18.3 Å². The molecule has 0 fully saturated rings. The van der Waals surface area contributed by atoms with Crippen LogP contribution in [0, 0.1) is 0 Å². The summed E-state index contributed by atoms with van der Waals surface area (Å²) in [5.74, 6) is -0.126. The average molecular weight is 333 g/mol. The Balaban J connectivity index is 2.13. The van der Waals surface area contributed by atoms with Gasteiger partial charge in [0.05, 0.1) is 11.5 Å². The summed E-state index contributed by atoms with van der Waals surface area (Å²) in [6, 6.07) is 14.4. The molecule has 2 rings (SSSR count). The number of ketones is 1. The van der Waals surface area contributed by atoms with Crippen molar-refractivity contribution in [1.29, 1.82) is 0 Å². The average Bonchev–Trinajstić information content (AvgIpc) is 2.55. The summed E-state index contributed by atoms with van der Waals surface area (Å²) in [6.07, 6.45) is 0.391. The molecule has 1 atom stereocenters. The molecule has 2 aromatic carbocycles. The molecule has 2 aromatic rings. The van der Waals surface area contributed by atoms with E-state index in [-0.39, 0.29) is 17.3 Å². The number of hydrogen-bond acceptors (Lipinski definition) is 4. The normalized spacial score (nSPS) is 12.8. The molecule has 0 heterocycles. The number of hydrogen-bond donors (Lipinski definition) is 2. The minimum absolute atomic E-state index is 0.0639. The Kier molecular flexibility index (Phi) is 5.65. The molecule has 5 nitrogen and oxygen atoms in total. The van der Waals surface area contributed by atoms with E-state index < -0.39 is 16.1 Å². The molecule has 0 aromatic heterocycles. The van der Waals surface area contributed by atoms with Gasteiger partial charge >= 0.3 is 0 Å². The molecule has 1 unspecified atom stereocenters. The molecule has 122 valence electrons. The van der Waals surface area contributed by atoms with Gasteiger partial charge in [-0.15, -0.1) is 0 Å². The highest BCUT2D eigenvalue weighted by atomic mass is 32.2. The summed E-state index contributed by atoms with van der Waals surface area (Å²) in [7, 11) is -3.76. The van der Waals surface area contributed by atoms with Crippen molar-refractivity contribution in [3.8, 4) is 0 Å². The first-order valence-corrected chi connectivity index (χ1v) is 8.69.